The van der Waals surface area contributed by atoms with Crippen LogP contribution in [0, 0.1) is 10.8 Å². The van der Waals surface area contributed by atoms with E-state index in [1.807, 2.05) is 19.9 Å². The van der Waals surface area contributed by atoms with Gasteiger partial charge in [-0.25, -0.2) is 9.59 Å². The zero-order valence-corrected chi connectivity index (χ0v) is 17.8. The third-order valence-corrected chi connectivity index (χ3v) is 4.32. The van der Waals surface area contributed by atoms with Crippen molar-refractivity contribution in [2.75, 3.05) is 19.8 Å². The molecule has 0 atom stereocenters. The molecule has 0 fully saturated rings. The molecule has 2 rings (SSSR count). The van der Waals surface area contributed by atoms with Crippen molar-refractivity contribution < 1.29 is 28.6 Å². The van der Waals surface area contributed by atoms with Crippen LogP contribution >= 0.6 is 0 Å². The van der Waals surface area contributed by atoms with E-state index in [-0.39, 0.29) is 19.8 Å². The summed E-state index contributed by atoms with van der Waals surface area (Å²) >= 11 is 0. The van der Waals surface area contributed by atoms with E-state index in [2.05, 4.69) is 0 Å². The molecule has 0 aliphatic carbocycles. The van der Waals surface area contributed by atoms with E-state index in [9.17, 15) is 14.4 Å². The minimum Gasteiger partial charge on any atom is -0.464 e. The summed E-state index contributed by atoms with van der Waals surface area (Å²) in [5, 5.41) is 0. The SMILES string of the molecule is CC(C)(COC(=O)c1ccccc1)COC(=O)C(C)(C)COC(=O)c1ccccc1. The zero-order chi connectivity index (χ0) is 22.2. The molecule has 6 heteroatoms. The van der Waals surface area contributed by atoms with Gasteiger partial charge in [-0.1, -0.05) is 50.2 Å². The monoisotopic (exact) mass is 412 g/mol. The normalized spacial score (nSPS) is 11.5. The lowest BCUT2D eigenvalue weighted by Crippen LogP contribution is -2.36. The highest BCUT2D eigenvalue weighted by atomic mass is 16.6. The summed E-state index contributed by atoms with van der Waals surface area (Å²) in [4.78, 5) is 36.6. The maximum absolute atomic E-state index is 12.5. The van der Waals surface area contributed by atoms with Crippen molar-refractivity contribution in [1.82, 2.24) is 0 Å². The van der Waals surface area contributed by atoms with Crippen molar-refractivity contribution >= 4 is 17.9 Å². The van der Waals surface area contributed by atoms with Crippen LogP contribution in [0.1, 0.15) is 48.4 Å². The smallest absolute Gasteiger partial charge is 0.338 e. The highest BCUT2D eigenvalue weighted by Gasteiger charge is 2.33. The molecule has 0 heterocycles. The van der Waals surface area contributed by atoms with Crippen molar-refractivity contribution in [2.45, 2.75) is 27.7 Å². The van der Waals surface area contributed by atoms with Crippen molar-refractivity contribution in [1.29, 1.82) is 0 Å². The van der Waals surface area contributed by atoms with E-state index in [4.69, 9.17) is 14.2 Å². The Kier molecular flexibility index (Phi) is 7.75. The molecule has 0 N–H and O–H groups in total. The van der Waals surface area contributed by atoms with Crippen molar-refractivity contribution in [3.63, 3.8) is 0 Å². The largest absolute Gasteiger partial charge is 0.464 e. The van der Waals surface area contributed by atoms with Gasteiger partial charge in [0.2, 0.25) is 0 Å². The predicted molar refractivity (Wildman–Crippen MR) is 112 cm³/mol. The summed E-state index contributed by atoms with van der Waals surface area (Å²) in [6.07, 6.45) is 0. The van der Waals surface area contributed by atoms with Crippen LogP contribution in [0.15, 0.2) is 60.7 Å². The third-order valence-electron chi connectivity index (χ3n) is 4.32. The second-order valence-corrected chi connectivity index (χ2v) is 8.51. The van der Waals surface area contributed by atoms with Gasteiger partial charge in [0.25, 0.3) is 0 Å². The molecule has 0 spiro atoms. The first-order valence-electron chi connectivity index (χ1n) is 9.72. The first kappa shape index (κ1) is 23.1. The Morgan fingerprint density at radius 1 is 0.633 bits per heavy atom. The molecule has 2 aromatic rings. The molecular weight excluding hydrogens is 384 g/mol. The van der Waals surface area contributed by atoms with Crippen LogP contribution < -0.4 is 0 Å². The first-order chi connectivity index (χ1) is 14.1. The molecule has 2 aromatic carbocycles. The maximum Gasteiger partial charge on any atom is 0.338 e. The number of rotatable bonds is 9. The van der Waals surface area contributed by atoms with Crippen LogP contribution in [0.2, 0.25) is 0 Å². The lowest BCUT2D eigenvalue weighted by molar-refractivity contribution is -0.160. The molecule has 0 saturated heterocycles. The fraction of sp³-hybridized carbons (Fsp3) is 0.375. The Labute approximate surface area is 177 Å². The van der Waals surface area contributed by atoms with Gasteiger partial charge in [-0.15, -0.1) is 0 Å². The van der Waals surface area contributed by atoms with Gasteiger partial charge in [0.15, 0.2) is 0 Å². The Morgan fingerprint density at radius 3 is 1.50 bits per heavy atom. The van der Waals surface area contributed by atoms with Gasteiger partial charge in [0.1, 0.15) is 6.61 Å². The molecule has 0 aromatic heterocycles. The van der Waals surface area contributed by atoms with Crippen LogP contribution in [0.5, 0.6) is 0 Å². The standard InChI is InChI=1S/C24H28O6/c1-23(2,15-28-20(25)18-11-7-5-8-12-18)16-30-22(27)24(3,4)17-29-21(26)19-13-9-6-10-14-19/h5-14H,15-17H2,1-4H3. The Bertz CT molecular complexity index is 856. The van der Waals surface area contributed by atoms with Crippen LogP contribution in [-0.2, 0) is 19.0 Å². The molecule has 30 heavy (non-hydrogen) atoms. The minimum atomic E-state index is -1.01. The molecule has 0 saturated carbocycles. The van der Waals surface area contributed by atoms with Crippen molar-refractivity contribution in [3.05, 3.63) is 71.8 Å². The molecule has 6 nitrogen and oxygen atoms in total. The van der Waals surface area contributed by atoms with E-state index in [1.165, 1.54) is 0 Å². The second kappa shape index (κ2) is 10.1. The van der Waals surface area contributed by atoms with Gasteiger partial charge in [-0.2, -0.15) is 0 Å². The van der Waals surface area contributed by atoms with Gasteiger partial charge < -0.3 is 14.2 Å². The van der Waals surface area contributed by atoms with Crippen LogP contribution in [0.3, 0.4) is 0 Å². The average Bonchev–Trinajstić information content (AvgIpc) is 2.75. The summed E-state index contributed by atoms with van der Waals surface area (Å²) in [6, 6.07) is 17.3. The molecule has 0 unspecified atom stereocenters. The van der Waals surface area contributed by atoms with Gasteiger partial charge >= 0.3 is 17.9 Å². The Balaban J connectivity index is 1.80. The fourth-order valence-corrected chi connectivity index (χ4v) is 2.38. The topological polar surface area (TPSA) is 78.9 Å². The van der Waals surface area contributed by atoms with E-state index in [0.717, 1.165) is 0 Å². The highest BCUT2D eigenvalue weighted by Crippen LogP contribution is 2.23. The number of carbonyl (C=O) groups excluding carboxylic acids is 3. The van der Waals surface area contributed by atoms with E-state index in [0.29, 0.717) is 11.1 Å². The number of ether oxygens (including phenoxy) is 3. The van der Waals surface area contributed by atoms with Gasteiger partial charge in [0.05, 0.1) is 29.8 Å². The lowest BCUT2D eigenvalue weighted by Gasteiger charge is -2.27. The summed E-state index contributed by atoms with van der Waals surface area (Å²) in [7, 11) is 0. The number of carbonyl (C=O) groups is 3. The number of hydrogen-bond acceptors (Lipinski definition) is 6. The third kappa shape index (κ3) is 7.03. The number of benzene rings is 2. The summed E-state index contributed by atoms with van der Waals surface area (Å²) in [5.74, 6) is -1.42. The molecule has 0 aliphatic heterocycles. The van der Waals surface area contributed by atoms with E-state index < -0.39 is 28.7 Å². The average molecular weight is 412 g/mol. The quantitative estimate of drug-likeness (QED) is 0.451. The first-order valence-corrected chi connectivity index (χ1v) is 9.72. The summed E-state index contributed by atoms with van der Waals surface area (Å²) in [5.41, 5.74) is -0.701. The van der Waals surface area contributed by atoms with E-state index >= 15 is 0 Å². The molecule has 0 bridgehead atoms. The van der Waals surface area contributed by atoms with Gasteiger partial charge in [-0.05, 0) is 38.1 Å². The van der Waals surface area contributed by atoms with E-state index in [1.54, 1.807) is 68.4 Å². The van der Waals surface area contributed by atoms with Gasteiger partial charge in [-0.3, -0.25) is 4.79 Å². The maximum atomic E-state index is 12.5. The van der Waals surface area contributed by atoms with Crippen LogP contribution in [0.25, 0.3) is 0 Å². The second-order valence-electron chi connectivity index (χ2n) is 8.51. The Hall–Kier alpha value is -3.15. The molecule has 0 aliphatic rings. The molecule has 0 radical (unpaired) electrons. The minimum absolute atomic E-state index is 0.0595. The van der Waals surface area contributed by atoms with Crippen LogP contribution in [-0.4, -0.2) is 37.7 Å². The summed E-state index contributed by atoms with van der Waals surface area (Å²) in [6.45, 7) is 7.01. The zero-order valence-electron chi connectivity index (χ0n) is 17.8. The Morgan fingerprint density at radius 2 is 1.03 bits per heavy atom. The van der Waals surface area contributed by atoms with Crippen molar-refractivity contribution in [3.8, 4) is 0 Å². The van der Waals surface area contributed by atoms with Gasteiger partial charge in [0, 0.05) is 5.41 Å². The molecule has 0 amide bonds. The number of hydrogen-bond donors (Lipinski definition) is 0. The molecule has 160 valence electrons. The summed E-state index contributed by atoms with van der Waals surface area (Å²) < 4.78 is 16.0. The lowest BCUT2D eigenvalue weighted by atomic mass is 9.93. The van der Waals surface area contributed by atoms with Crippen molar-refractivity contribution in [2.24, 2.45) is 10.8 Å². The fourth-order valence-electron chi connectivity index (χ4n) is 2.38. The predicted octanol–water partition coefficient (Wildman–Crippen LogP) is 4.30. The highest BCUT2D eigenvalue weighted by molar-refractivity contribution is 5.90. The number of esters is 3. The molecular formula is C24H28O6. The van der Waals surface area contributed by atoms with Crippen LogP contribution in [0.4, 0.5) is 0 Å².